The Morgan fingerprint density at radius 3 is 2.41 bits per heavy atom. The van der Waals surface area contributed by atoms with Crippen LogP contribution >= 0.6 is 0 Å². The number of nitrogens with zero attached hydrogens (tertiary/aromatic N) is 2. The van der Waals surface area contributed by atoms with Crippen LogP contribution in [0.2, 0.25) is 0 Å². The Labute approximate surface area is 214 Å². The van der Waals surface area contributed by atoms with E-state index in [-0.39, 0.29) is 24.8 Å². The lowest BCUT2D eigenvalue weighted by molar-refractivity contribution is 0.0940. The van der Waals surface area contributed by atoms with Crippen LogP contribution in [0.15, 0.2) is 54.6 Å². The van der Waals surface area contributed by atoms with E-state index in [0.717, 1.165) is 34.6 Å². The topological polar surface area (TPSA) is 114 Å². The number of methoxy groups -OCH3 is 2. The molecule has 2 aromatic carbocycles. The maximum absolute atomic E-state index is 12.9. The second-order valence-electron chi connectivity index (χ2n) is 8.49. The van der Waals surface area contributed by atoms with Crippen LogP contribution in [0.25, 0.3) is 0 Å². The van der Waals surface area contributed by atoms with Crippen molar-refractivity contribution in [3.05, 3.63) is 99.6 Å². The largest absolute Gasteiger partial charge is 0.463 e. The molecule has 0 aliphatic rings. The Bertz CT molecular complexity index is 1300. The average molecular weight is 508 g/mol. The van der Waals surface area contributed by atoms with Crippen molar-refractivity contribution in [3.63, 3.8) is 0 Å². The summed E-state index contributed by atoms with van der Waals surface area (Å²) in [6.45, 7) is -0.0539. The fourth-order valence-electron chi connectivity index (χ4n) is 4.06. The van der Waals surface area contributed by atoms with Gasteiger partial charge in [-0.3, -0.25) is 15.0 Å². The van der Waals surface area contributed by atoms with Gasteiger partial charge in [0.15, 0.2) is 5.69 Å². The number of rotatable bonds is 13. The molecule has 0 fully saturated rings. The Kier molecular flexibility index (Phi) is 9.01. The van der Waals surface area contributed by atoms with Gasteiger partial charge in [-0.2, -0.15) is 10.2 Å². The van der Waals surface area contributed by atoms with Gasteiger partial charge in [0.1, 0.15) is 5.75 Å². The SMILES string of the molecule is COCc1cc(Cc2ccc(Cc3[nH]nc(C(=O)NCc4ccccc4OCF)c3COC)cc2)[nH]n1. The molecule has 3 N–H and O–H groups in total. The molecule has 0 atom stereocenters. The van der Waals surface area contributed by atoms with E-state index in [0.29, 0.717) is 29.9 Å². The summed E-state index contributed by atoms with van der Waals surface area (Å²) in [5.74, 6) is 0.0314. The minimum Gasteiger partial charge on any atom is -0.463 e. The van der Waals surface area contributed by atoms with E-state index in [4.69, 9.17) is 14.2 Å². The summed E-state index contributed by atoms with van der Waals surface area (Å²) in [6, 6.07) is 17.2. The van der Waals surface area contributed by atoms with Gasteiger partial charge in [-0.1, -0.05) is 42.5 Å². The summed E-state index contributed by atoms with van der Waals surface area (Å²) in [4.78, 5) is 12.9. The van der Waals surface area contributed by atoms with Crippen molar-refractivity contribution < 1.29 is 23.4 Å². The Balaban J connectivity index is 1.41. The zero-order chi connectivity index (χ0) is 26.0. The number of H-pyrrole nitrogens is 2. The van der Waals surface area contributed by atoms with Gasteiger partial charge >= 0.3 is 0 Å². The average Bonchev–Trinajstić information content (AvgIpc) is 3.52. The summed E-state index contributed by atoms with van der Waals surface area (Å²) in [5.41, 5.74) is 6.54. The highest BCUT2D eigenvalue weighted by Gasteiger charge is 2.20. The number of ether oxygens (including phenoxy) is 3. The second kappa shape index (κ2) is 12.8. The maximum atomic E-state index is 12.9. The van der Waals surface area contributed by atoms with Crippen molar-refractivity contribution in [2.45, 2.75) is 32.6 Å². The fraction of sp³-hybridized carbons (Fsp3) is 0.296. The molecule has 0 unspecified atom stereocenters. The quantitative estimate of drug-likeness (QED) is 0.253. The Morgan fingerprint density at radius 2 is 1.68 bits per heavy atom. The van der Waals surface area contributed by atoms with Crippen LogP contribution in [0.3, 0.4) is 0 Å². The fourth-order valence-corrected chi connectivity index (χ4v) is 4.06. The summed E-state index contributed by atoms with van der Waals surface area (Å²) in [7, 11) is 3.22. The highest BCUT2D eigenvalue weighted by atomic mass is 19.1. The van der Waals surface area contributed by atoms with Gasteiger partial charge in [-0.25, -0.2) is 4.39 Å². The smallest absolute Gasteiger partial charge is 0.272 e. The maximum Gasteiger partial charge on any atom is 0.272 e. The molecule has 2 heterocycles. The first-order chi connectivity index (χ1) is 18.1. The molecule has 37 heavy (non-hydrogen) atoms. The molecule has 0 radical (unpaired) electrons. The second-order valence-corrected chi connectivity index (χ2v) is 8.49. The van der Waals surface area contributed by atoms with Gasteiger partial charge in [-0.05, 0) is 23.3 Å². The minimum absolute atomic E-state index is 0.175. The summed E-state index contributed by atoms with van der Waals surface area (Å²) < 4.78 is 28.1. The summed E-state index contributed by atoms with van der Waals surface area (Å²) in [5, 5.41) is 17.4. The normalized spacial score (nSPS) is 11.0. The monoisotopic (exact) mass is 507 g/mol. The molecule has 1 amide bonds. The Hall–Kier alpha value is -4.02. The molecule has 0 aliphatic carbocycles. The number of carbonyl (C=O) groups is 1. The zero-order valence-electron chi connectivity index (χ0n) is 20.8. The third-order valence-electron chi connectivity index (χ3n) is 5.85. The number of halogens is 1. The van der Waals surface area contributed by atoms with E-state index < -0.39 is 6.86 Å². The number of alkyl halides is 1. The van der Waals surface area contributed by atoms with Crippen molar-refractivity contribution in [1.29, 1.82) is 0 Å². The molecule has 0 saturated heterocycles. The zero-order valence-corrected chi connectivity index (χ0v) is 20.8. The van der Waals surface area contributed by atoms with Gasteiger partial charge in [-0.15, -0.1) is 0 Å². The minimum atomic E-state index is -0.939. The molecule has 10 heteroatoms. The van der Waals surface area contributed by atoms with Gasteiger partial charge in [0.25, 0.3) is 5.91 Å². The predicted octanol–water partition coefficient (Wildman–Crippen LogP) is 3.84. The number of aromatic amines is 2. The van der Waals surface area contributed by atoms with E-state index in [1.807, 2.05) is 6.07 Å². The van der Waals surface area contributed by atoms with Crippen LogP contribution in [0, 0.1) is 0 Å². The number of para-hydroxylation sites is 1. The first kappa shape index (κ1) is 26.1. The van der Waals surface area contributed by atoms with Crippen LogP contribution in [-0.4, -0.2) is 47.4 Å². The first-order valence-electron chi connectivity index (χ1n) is 11.8. The highest BCUT2D eigenvalue weighted by Crippen LogP contribution is 2.20. The molecule has 0 spiro atoms. The number of benzene rings is 2. The summed E-state index contributed by atoms with van der Waals surface area (Å²) in [6.07, 6.45) is 1.30. The van der Waals surface area contributed by atoms with E-state index in [9.17, 15) is 9.18 Å². The molecule has 4 rings (SSSR count). The Morgan fingerprint density at radius 1 is 0.946 bits per heavy atom. The first-order valence-corrected chi connectivity index (χ1v) is 11.8. The number of hydrogen-bond donors (Lipinski definition) is 3. The number of aromatic nitrogens is 4. The van der Waals surface area contributed by atoms with Crippen molar-refractivity contribution in [1.82, 2.24) is 25.7 Å². The molecule has 0 bridgehead atoms. The molecule has 9 nitrogen and oxygen atoms in total. The van der Waals surface area contributed by atoms with Crippen molar-refractivity contribution in [2.75, 3.05) is 21.1 Å². The molecule has 0 aliphatic heterocycles. The summed E-state index contributed by atoms with van der Waals surface area (Å²) >= 11 is 0. The molecule has 4 aromatic rings. The number of nitrogens with one attached hydrogen (secondary N) is 3. The predicted molar refractivity (Wildman–Crippen MR) is 135 cm³/mol. The van der Waals surface area contributed by atoms with Gasteiger partial charge in [0.05, 0.1) is 18.9 Å². The van der Waals surface area contributed by atoms with Crippen LogP contribution in [-0.2, 0) is 42.1 Å². The van der Waals surface area contributed by atoms with E-state index >= 15 is 0 Å². The lowest BCUT2D eigenvalue weighted by Gasteiger charge is -2.10. The van der Waals surface area contributed by atoms with Gasteiger partial charge < -0.3 is 19.5 Å². The molecular formula is C27H30FN5O4. The molecule has 194 valence electrons. The van der Waals surface area contributed by atoms with Crippen LogP contribution in [0.1, 0.15) is 49.8 Å². The van der Waals surface area contributed by atoms with Gasteiger partial charge in [0, 0.05) is 56.1 Å². The third-order valence-corrected chi connectivity index (χ3v) is 5.85. The lowest BCUT2D eigenvalue weighted by Crippen LogP contribution is -2.24. The van der Waals surface area contributed by atoms with Crippen molar-refractivity contribution in [2.24, 2.45) is 0 Å². The van der Waals surface area contributed by atoms with E-state index in [1.165, 1.54) is 0 Å². The van der Waals surface area contributed by atoms with Crippen LogP contribution < -0.4 is 10.1 Å². The lowest BCUT2D eigenvalue weighted by atomic mass is 10.0. The van der Waals surface area contributed by atoms with Crippen molar-refractivity contribution >= 4 is 5.91 Å². The standard InChI is InChI=1S/C27H30FN5O4/c1-35-15-22-13-21(30-31-22)11-18-7-9-19(10-8-18)12-24-23(16-36-2)26(33-32-24)27(34)29-14-20-5-3-4-6-25(20)37-17-28/h3-10,13H,11-12,14-17H2,1-2H3,(H,29,34)(H,30,31)(H,32,33). The van der Waals surface area contributed by atoms with Crippen LogP contribution in [0.4, 0.5) is 4.39 Å². The molecular weight excluding hydrogens is 477 g/mol. The highest BCUT2D eigenvalue weighted by molar-refractivity contribution is 5.94. The molecule has 0 saturated carbocycles. The van der Waals surface area contributed by atoms with Crippen molar-refractivity contribution in [3.8, 4) is 5.75 Å². The number of amides is 1. The number of carbonyl (C=O) groups excluding carboxylic acids is 1. The van der Waals surface area contributed by atoms with Crippen LogP contribution in [0.5, 0.6) is 5.75 Å². The molecule has 2 aromatic heterocycles. The van der Waals surface area contributed by atoms with Gasteiger partial charge in [0.2, 0.25) is 6.86 Å². The third kappa shape index (κ3) is 6.81. The van der Waals surface area contributed by atoms with E-state index in [2.05, 4.69) is 50.0 Å². The van der Waals surface area contributed by atoms with E-state index in [1.54, 1.807) is 38.5 Å². The number of hydrogen-bond acceptors (Lipinski definition) is 6.